The largest absolute Gasteiger partial charge is 0.356 e. The molecule has 1 aliphatic carbocycles. The van der Waals surface area contributed by atoms with Crippen molar-refractivity contribution in [1.82, 2.24) is 0 Å². The molecule has 0 heterocycles. The Hall–Kier alpha value is -0.0800. The van der Waals surface area contributed by atoms with Crippen molar-refractivity contribution in [3.63, 3.8) is 0 Å². The van der Waals surface area contributed by atoms with Gasteiger partial charge in [0.1, 0.15) is 0 Å². The highest BCUT2D eigenvalue weighted by Gasteiger charge is 2.58. The van der Waals surface area contributed by atoms with E-state index in [2.05, 4.69) is 20.8 Å². The van der Waals surface area contributed by atoms with Crippen LogP contribution in [0.3, 0.4) is 0 Å². The second-order valence-electron chi connectivity index (χ2n) is 3.98. The molecule has 66 valence electrons. The Bertz CT molecular complexity index is 138. The molecule has 2 nitrogen and oxygen atoms in total. The average Bonchev–Trinajstić information content (AvgIpc) is 2.41. The third kappa shape index (κ3) is 1.30. The molecule has 2 heteroatoms. The van der Waals surface area contributed by atoms with E-state index in [0.29, 0.717) is 17.3 Å². The Morgan fingerprint density at radius 3 is 1.64 bits per heavy atom. The summed E-state index contributed by atoms with van der Waals surface area (Å²) in [7, 11) is 3.41. The molecule has 1 aliphatic rings. The molecule has 0 aliphatic heterocycles. The Balaban J connectivity index is 2.51. The molecule has 2 unspecified atom stereocenters. The van der Waals surface area contributed by atoms with E-state index in [9.17, 15) is 0 Å². The van der Waals surface area contributed by atoms with E-state index in [0.717, 1.165) is 0 Å². The SMILES string of the molecule is COC(OC)C1C(C)C1(C)C. The predicted octanol–water partition coefficient (Wildman–Crippen LogP) is 1.90. The smallest absolute Gasteiger partial charge is 0.160 e. The van der Waals surface area contributed by atoms with Gasteiger partial charge in [0, 0.05) is 20.1 Å². The molecule has 0 N–H and O–H groups in total. The first kappa shape index (κ1) is 9.01. The fourth-order valence-electron chi connectivity index (χ4n) is 1.92. The van der Waals surface area contributed by atoms with Crippen LogP contribution in [0.4, 0.5) is 0 Å². The molecule has 1 saturated carbocycles. The summed E-state index contributed by atoms with van der Waals surface area (Å²) >= 11 is 0. The van der Waals surface area contributed by atoms with Gasteiger partial charge in [-0.3, -0.25) is 0 Å². The van der Waals surface area contributed by atoms with E-state index in [4.69, 9.17) is 9.47 Å². The van der Waals surface area contributed by atoms with Crippen LogP contribution in [-0.2, 0) is 9.47 Å². The molecule has 0 aromatic heterocycles. The highest BCUT2D eigenvalue weighted by molar-refractivity contribution is 5.03. The summed E-state index contributed by atoms with van der Waals surface area (Å²) in [6.45, 7) is 6.76. The van der Waals surface area contributed by atoms with Gasteiger partial charge in [0.05, 0.1) is 0 Å². The van der Waals surface area contributed by atoms with E-state index >= 15 is 0 Å². The van der Waals surface area contributed by atoms with Crippen molar-refractivity contribution < 1.29 is 9.47 Å². The first-order valence-electron chi connectivity index (χ1n) is 4.11. The minimum atomic E-state index is -0.0139. The average molecular weight is 158 g/mol. The van der Waals surface area contributed by atoms with E-state index in [1.54, 1.807) is 14.2 Å². The first-order valence-corrected chi connectivity index (χ1v) is 4.11. The molecule has 0 amide bonds. The lowest BCUT2D eigenvalue weighted by Gasteiger charge is -2.14. The van der Waals surface area contributed by atoms with Gasteiger partial charge in [-0.2, -0.15) is 0 Å². The van der Waals surface area contributed by atoms with E-state index in [1.165, 1.54) is 0 Å². The van der Waals surface area contributed by atoms with Gasteiger partial charge in [-0.05, 0) is 11.3 Å². The minimum absolute atomic E-state index is 0.0139. The Morgan fingerprint density at radius 1 is 1.18 bits per heavy atom. The third-order valence-corrected chi connectivity index (χ3v) is 3.22. The van der Waals surface area contributed by atoms with Gasteiger partial charge in [-0.1, -0.05) is 20.8 Å². The molecule has 0 radical (unpaired) electrons. The topological polar surface area (TPSA) is 18.5 Å². The van der Waals surface area contributed by atoms with Gasteiger partial charge in [-0.15, -0.1) is 0 Å². The van der Waals surface area contributed by atoms with Crippen LogP contribution in [0, 0.1) is 17.3 Å². The molecule has 2 atom stereocenters. The summed E-state index contributed by atoms with van der Waals surface area (Å²) < 4.78 is 10.4. The van der Waals surface area contributed by atoms with Crippen molar-refractivity contribution in [3.8, 4) is 0 Å². The molecule has 1 rings (SSSR count). The normalized spacial score (nSPS) is 34.4. The van der Waals surface area contributed by atoms with Crippen LogP contribution in [0.25, 0.3) is 0 Å². The Labute approximate surface area is 68.9 Å². The molecule has 0 bridgehead atoms. The number of hydrogen-bond donors (Lipinski definition) is 0. The number of rotatable bonds is 3. The molecule has 0 aromatic carbocycles. The van der Waals surface area contributed by atoms with Crippen LogP contribution >= 0.6 is 0 Å². The van der Waals surface area contributed by atoms with Crippen LogP contribution < -0.4 is 0 Å². The summed E-state index contributed by atoms with van der Waals surface area (Å²) in [5.41, 5.74) is 0.399. The number of methoxy groups -OCH3 is 2. The summed E-state index contributed by atoms with van der Waals surface area (Å²) in [5, 5.41) is 0. The fourth-order valence-corrected chi connectivity index (χ4v) is 1.92. The molecular weight excluding hydrogens is 140 g/mol. The second-order valence-corrected chi connectivity index (χ2v) is 3.98. The second kappa shape index (κ2) is 2.76. The van der Waals surface area contributed by atoms with Crippen molar-refractivity contribution in [3.05, 3.63) is 0 Å². The maximum atomic E-state index is 5.21. The Kier molecular flexibility index (Phi) is 2.26. The lowest BCUT2D eigenvalue weighted by atomic mass is 10.1. The molecule has 0 spiro atoms. The highest BCUT2D eigenvalue weighted by Crippen LogP contribution is 2.60. The minimum Gasteiger partial charge on any atom is -0.356 e. The number of hydrogen-bond acceptors (Lipinski definition) is 2. The van der Waals surface area contributed by atoms with Gasteiger partial charge < -0.3 is 9.47 Å². The predicted molar refractivity (Wildman–Crippen MR) is 44.2 cm³/mol. The van der Waals surface area contributed by atoms with Crippen molar-refractivity contribution in [2.75, 3.05) is 14.2 Å². The van der Waals surface area contributed by atoms with Crippen molar-refractivity contribution >= 4 is 0 Å². The number of ether oxygens (including phenoxy) is 2. The molecule has 1 fully saturated rings. The van der Waals surface area contributed by atoms with Gasteiger partial charge >= 0.3 is 0 Å². The first-order chi connectivity index (χ1) is 5.05. The van der Waals surface area contributed by atoms with Gasteiger partial charge in [0.25, 0.3) is 0 Å². The van der Waals surface area contributed by atoms with Gasteiger partial charge in [0.15, 0.2) is 6.29 Å². The van der Waals surface area contributed by atoms with E-state index < -0.39 is 0 Å². The quantitative estimate of drug-likeness (QED) is 0.584. The van der Waals surface area contributed by atoms with Crippen molar-refractivity contribution in [1.29, 1.82) is 0 Å². The summed E-state index contributed by atoms with van der Waals surface area (Å²) in [6, 6.07) is 0. The van der Waals surface area contributed by atoms with E-state index in [1.807, 2.05) is 0 Å². The summed E-state index contributed by atoms with van der Waals surface area (Å²) in [5.74, 6) is 1.28. The zero-order chi connectivity index (χ0) is 8.65. The maximum Gasteiger partial charge on any atom is 0.160 e. The van der Waals surface area contributed by atoms with Gasteiger partial charge in [-0.25, -0.2) is 0 Å². The lowest BCUT2D eigenvalue weighted by molar-refractivity contribution is -0.123. The van der Waals surface area contributed by atoms with Gasteiger partial charge in [0.2, 0.25) is 0 Å². The molecule has 0 aromatic rings. The molecule has 0 saturated heterocycles. The Morgan fingerprint density at radius 2 is 1.55 bits per heavy atom. The van der Waals surface area contributed by atoms with Crippen LogP contribution in [0.1, 0.15) is 20.8 Å². The van der Waals surface area contributed by atoms with E-state index in [-0.39, 0.29) is 6.29 Å². The third-order valence-electron chi connectivity index (χ3n) is 3.22. The standard InChI is InChI=1S/C9H18O2/c1-6-7(9(6,2)3)8(10-4)11-5/h6-8H,1-5H3. The van der Waals surface area contributed by atoms with Crippen molar-refractivity contribution in [2.24, 2.45) is 17.3 Å². The maximum absolute atomic E-state index is 5.21. The monoisotopic (exact) mass is 158 g/mol. The highest BCUT2D eigenvalue weighted by atomic mass is 16.7. The zero-order valence-electron chi connectivity index (χ0n) is 8.05. The fraction of sp³-hybridized carbons (Fsp3) is 1.00. The van der Waals surface area contributed by atoms with Crippen LogP contribution in [0.15, 0.2) is 0 Å². The summed E-state index contributed by atoms with van der Waals surface area (Å²) in [4.78, 5) is 0. The summed E-state index contributed by atoms with van der Waals surface area (Å²) in [6.07, 6.45) is -0.0139. The lowest BCUT2D eigenvalue weighted by Crippen LogP contribution is -2.18. The zero-order valence-corrected chi connectivity index (χ0v) is 8.05. The molecule has 11 heavy (non-hydrogen) atoms. The van der Waals surface area contributed by atoms with Crippen LogP contribution in [-0.4, -0.2) is 20.5 Å². The van der Waals surface area contributed by atoms with Crippen LogP contribution in [0.2, 0.25) is 0 Å². The molecular formula is C9H18O2. The van der Waals surface area contributed by atoms with Crippen molar-refractivity contribution in [2.45, 2.75) is 27.1 Å². The van der Waals surface area contributed by atoms with Crippen LogP contribution in [0.5, 0.6) is 0 Å².